The van der Waals surface area contributed by atoms with Crippen LogP contribution >= 0.6 is 11.5 Å². The molecular formula is C18H24N4O3S2. The molecule has 1 saturated heterocycles. The van der Waals surface area contributed by atoms with Gasteiger partial charge in [0, 0.05) is 19.6 Å². The Hall–Kier alpha value is -1.84. The van der Waals surface area contributed by atoms with Gasteiger partial charge in [0.15, 0.2) is 0 Å². The summed E-state index contributed by atoms with van der Waals surface area (Å²) >= 11 is 1.12. The van der Waals surface area contributed by atoms with Crippen molar-refractivity contribution in [1.29, 1.82) is 0 Å². The van der Waals surface area contributed by atoms with Crippen molar-refractivity contribution in [3.05, 3.63) is 39.9 Å². The highest BCUT2D eigenvalue weighted by Crippen LogP contribution is 2.21. The predicted molar refractivity (Wildman–Crippen MR) is 104 cm³/mol. The summed E-state index contributed by atoms with van der Waals surface area (Å²) < 4.78 is 31.6. The number of rotatable bonds is 5. The van der Waals surface area contributed by atoms with Crippen LogP contribution in [-0.2, 0) is 10.0 Å². The molecular weight excluding hydrogens is 384 g/mol. The SMILES string of the molecule is Cc1ccc(S(=O)(=O)NCC2CCN(C(=O)c3snnc3C)CC2)cc1C. The highest BCUT2D eigenvalue weighted by molar-refractivity contribution is 7.89. The number of hydrogen-bond donors (Lipinski definition) is 1. The highest BCUT2D eigenvalue weighted by atomic mass is 32.2. The number of hydrogen-bond acceptors (Lipinski definition) is 6. The van der Waals surface area contributed by atoms with E-state index < -0.39 is 10.0 Å². The number of likely N-dealkylation sites (tertiary alicyclic amines) is 1. The first-order valence-corrected chi connectivity index (χ1v) is 11.2. The zero-order valence-corrected chi connectivity index (χ0v) is 17.4. The van der Waals surface area contributed by atoms with Crippen molar-refractivity contribution >= 4 is 27.5 Å². The molecule has 2 aromatic rings. The van der Waals surface area contributed by atoms with Gasteiger partial charge < -0.3 is 4.90 Å². The van der Waals surface area contributed by atoms with E-state index in [0.29, 0.717) is 35.1 Å². The maximum absolute atomic E-state index is 12.5. The summed E-state index contributed by atoms with van der Waals surface area (Å²) in [5.74, 6) is 0.188. The molecule has 1 aromatic carbocycles. The minimum absolute atomic E-state index is 0.0309. The Labute approximate surface area is 164 Å². The summed E-state index contributed by atoms with van der Waals surface area (Å²) in [7, 11) is -3.52. The van der Waals surface area contributed by atoms with Crippen LogP contribution in [0.3, 0.4) is 0 Å². The van der Waals surface area contributed by atoms with Gasteiger partial charge in [0.25, 0.3) is 5.91 Å². The molecule has 0 atom stereocenters. The molecule has 1 aliphatic rings. The summed E-state index contributed by atoms with van der Waals surface area (Å²) in [5, 5.41) is 3.89. The van der Waals surface area contributed by atoms with E-state index in [-0.39, 0.29) is 11.8 Å². The molecule has 0 unspecified atom stereocenters. The smallest absolute Gasteiger partial charge is 0.267 e. The van der Waals surface area contributed by atoms with Gasteiger partial charge in [0.2, 0.25) is 10.0 Å². The number of nitrogens with zero attached hydrogens (tertiary/aromatic N) is 3. The number of aryl methyl sites for hydroxylation is 3. The third-order valence-corrected chi connectivity index (χ3v) is 7.34. The Morgan fingerprint density at radius 2 is 1.93 bits per heavy atom. The molecule has 3 rings (SSSR count). The molecule has 146 valence electrons. The average Bonchev–Trinajstić information content (AvgIpc) is 3.08. The first-order valence-electron chi connectivity index (χ1n) is 8.93. The Bertz CT molecular complexity index is 932. The topological polar surface area (TPSA) is 92.3 Å². The van der Waals surface area contributed by atoms with Crippen molar-refractivity contribution in [3.8, 4) is 0 Å². The number of sulfonamides is 1. The van der Waals surface area contributed by atoms with Crippen molar-refractivity contribution < 1.29 is 13.2 Å². The minimum atomic E-state index is -3.52. The molecule has 0 saturated carbocycles. The van der Waals surface area contributed by atoms with Crippen molar-refractivity contribution in [2.24, 2.45) is 5.92 Å². The molecule has 0 bridgehead atoms. The fourth-order valence-electron chi connectivity index (χ4n) is 3.10. The third-order valence-electron chi connectivity index (χ3n) is 5.10. The number of carbonyl (C=O) groups is 1. The number of piperidine rings is 1. The molecule has 0 radical (unpaired) electrons. The predicted octanol–water partition coefficient (Wildman–Crippen LogP) is 2.29. The second kappa shape index (κ2) is 8.04. The van der Waals surface area contributed by atoms with Gasteiger partial charge in [0.1, 0.15) is 4.88 Å². The lowest BCUT2D eigenvalue weighted by molar-refractivity contribution is 0.0696. The Morgan fingerprint density at radius 3 is 2.52 bits per heavy atom. The van der Waals surface area contributed by atoms with E-state index >= 15 is 0 Å². The van der Waals surface area contributed by atoms with Crippen LogP contribution in [0.2, 0.25) is 0 Å². The number of amides is 1. The average molecular weight is 409 g/mol. The molecule has 7 nitrogen and oxygen atoms in total. The lowest BCUT2D eigenvalue weighted by Crippen LogP contribution is -2.41. The van der Waals surface area contributed by atoms with E-state index in [9.17, 15) is 13.2 Å². The van der Waals surface area contributed by atoms with Crippen molar-refractivity contribution in [1.82, 2.24) is 19.2 Å². The monoisotopic (exact) mass is 408 g/mol. The van der Waals surface area contributed by atoms with E-state index in [0.717, 1.165) is 35.5 Å². The second-order valence-corrected chi connectivity index (χ2v) is 9.54. The fraction of sp³-hybridized carbons (Fsp3) is 0.500. The first kappa shape index (κ1) is 19.9. The van der Waals surface area contributed by atoms with Crippen LogP contribution in [0.5, 0.6) is 0 Å². The zero-order valence-electron chi connectivity index (χ0n) is 15.7. The van der Waals surface area contributed by atoms with Crippen LogP contribution in [0.4, 0.5) is 0 Å². The number of aromatic nitrogens is 2. The molecule has 1 aliphatic heterocycles. The molecule has 0 spiro atoms. The molecule has 1 fully saturated rings. The van der Waals surface area contributed by atoms with Gasteiger partial charge in [-0.25, -0.2) is 13.1 Å². The Kier molecular flexibility index (Phi) is 5.92. The number of carbonyl (C=O) groups excluding carboxylic acids is 1. The normalized spacial score (nSPS) is 15.9. The van der Waals surface area contributed by atoms with Gasteiger partial charge in [-0.1, -0.05) is 10.6 Å². The zero-order chi connectivity index (χ0) is 19.6. The van der Waals surface area contributed by atoms with Gasteiger partial charge in [-0.2, -0.15) is 0 Å². The van der Waals surface area contributed by atoms with Crippen LogP contribution in [-0.4, -0.2) is 48.4 Å². The van der Waals surface area contributed by atoms with Gasteiger partial charge in [-0.3, -0.25) is 4.79 Å². The first-order chi connectivity index (χ1) is 12.8. The van der Waals surface area contributed by atoms with E-state index in [1.165, 1.54) is 0 Å². The summed E-state index contributed by atoms with van der Waals surface area (Å²) in [5.41, 5.74) is 2.68. The highest BCUT2D eigenvalue weighted by Gasteiger charge is 2.27. The van der Waals surface area contributed by atoms with Gasteiger partial charge in [0.05, 0.1) is 10.6 Å². The van der Waals surface area contributed by atoms with Crippen molar-refractivity contribution in [2.45, 2.75) is 38.5 Å². The van der Waals surface area contributed by atoms with Crippen molar-refractivity contribution in [3.63, 3.8) is 0 Å². The summed E-state index contributed by atoms with van der Waals surface area (Å²) in [6, 6.07) is 5.16. The summed E-state index contributed by atoms with van der Waals surface area (Å²) in [6.45, 7) is 7.27. The molecule has 2 heterocycles. The second-order valence-electron chi connectivity index (χ2n) is 7.02. The molecule has 1 aromatic heterocycles. The van der Waals surface area contributed by atoms with Gasteiger partial charge in [-0.05, 0) is 74.3 Å². The van der Waals surface area contributed by atoms with E-state index in [1.807, 2.05) is 19.9 Å². The van der Waals surface area contributed by atoms with Crippen LogP contribution in [0.15, 0.2) is 23.1 Å². The molecule has 27 heavy (non-hydrogen) atoms. The maximum Gasteiger partial charge on any atom is 0.267 e. The third kappa shape index (κ3) is 4.53. The Morgan fingerprint density at radius 1 is 1.22 bits per heavy atom. The number of benzene rings is 1. The van der Waals surface area contributed by atoms with Gasteiger partial charge >= 0.3 is 0 Å². The van der Waals surface area contributed by atoms with Gasteiger partial charge in [-0.15, -0.1) is 5.10 Å². The largest absolute Gasteiger partial charge is 0.338 e. The van der Waals surface area contributed by atoms with Crippen LogP contribution < -0.4 is 4.72 Å². The lowest BCUT2D eigenvalue weighted by Gasteiger charge is -2.31. The Balaban J connectivity index is 1.54. The molecule has 0 aliphatic carbocycles. The number of nitrogens with one attached hydrogen (secondary N) is 1. The lowest BCUT2D eigenvalue weighted by atomic mass is 9.97. The van der Waals surface area contributed by atoms with Crippen LogP contribution in [0.1, 0.15) is 39.3 Å². The molecule has 9 heteroatoms. The van der Waals surface area contributed by atoms with E-state index in [4.69, 9.17) is 0 Å². The molecule has 1 N–H and O–H groups in total. The van der Waals surface area contributed by atoms with Crippen molar-refractivity contribution in [2.75, 3.05) is 19.6 Å². The summed E-state index contributed by atoms with van der Waals surface area (Å²) in [4.78, 5) is 15.2. The fourth-order valence-corrected chi connectivity index (χ4v) is 4.93. The quantitative estimate of drug-likeness (QED) is 0.819. The minimum Gasteiger partial charge on any atom is -0.338 e. The van der Waals surface area contributed by atoms with Crippen LogP contribution in [0.25, 0.3) is 0 Å². The summed E-state index contributed by atoms with van der Waals surface area (Å²) in [6.07, 6.45) is 1.54. The van der Waals surface area contributed by atoms with E-state index in [1.54, 1.807) is 24.0 Å². The standard InChI is InChI=1S/C18H24N4O3S2/c1-12-4-5-16(10-13(12)2)27(24,25)19-11-15-6-8-22(9-7-15)18(23)17-14(3)20-21-26-17/h4-5,10,15,19H,6-9,11H2,1-3H3. The van der Waals surface area contributed by atoms with E-state index in [2.05, 4.69) is 14.3 Å². The molecule has 1 amide bonds. The maximum atomic E-state index is 12.5. The van der Waals surface area contributed by atoms with Crippen LogP contribution in [0, 0.1) is 26.7 Å².